The Morgan fingerprint density at radius 2 is 2.15 bits per heavy atom. The third kappa shape index (κ3) is 2.15. The van der Waals surface area contributed by atoms with Crippen molar-refractivity contribution in [1.82, 2.24) is 4.57 Å². The Kier molecular flexibility index (Phi) is 3.18. The molecule has 5 nitrogen and oxygen atoms in total. The summed E-state index contributed by atoms with van der Waals surface area (Å²) in [5, 5.41) is 9.34. The smallest absolute Gasteiger partial charge is 0.341 e. The summed E-state index contributed by atoms with van der Waals surface area (Å²) in [4.78, 5) is 23.8. The summed E-state index contributed by atoms with van der Waals surface area (Å²) >= 11 is 0. The molecule has 1 aliphatic carbocycles. The van der Waals surface area contributed by atoms with Gasteiger partial charge in [0.1, 0.15) is 11.3 Å². The fourth-order valence-electron chi connectivity index (χ4n) is 2.78. The molecular formula is C15H15NO4. The molecule has 2 aromatic heterocycles. The van der Waals surface area contributed by atoms with Gasteiger partial charge in [-0.25, -0.2) is 4.79 Å². The number of carbonyl (C=O) groups is 1. The van der Waals surface area contributed by atoms with Crippen LogP contribution in [0.25, 0.3) is 0 Å². The van der Waals surface area contributed by atoms with Gasteiger partial charge in [-0.2, -0.15) is 0 Å². The van der Waals surface area contributed by atoms with E-state index >= 15 is 0 Å². The van der Waals surface area contributed by atoms with E-state index in [0.717, 1.165) is 24.8 Å². The normalized spacial score (nSPS) is 14.0. The first-order chi connectivity index (χ1) is 9.66. The second kappa shape index (κ2) is 5.00. The van der Waals surface area contributed by atoms with Gasteiger partial charge in [-0.15, -0.1) is 0 Å². The van der Waals surface area contributed by atoms with E-state index < -0.39 is 11.5 Å². The van der Waals surface area contributed by atoms with Crippen LogP contribution in [0.2, 0.25) is 0 Å². The first kappa shape index (κ1) is 12.7. The summed E-state index contributed by atoms with van der Waals surface area (Å²) in [5.41, 5.74) is 1.16. The third-order valence-corrected chi connectivity index (χ3v) is 3.72. The van der Waals surface area contributed by atoms with E-state index in [9.17, 15) is 14.7 Å². The van der Waals surface area contributed by atoms with Crippen LogP contribution in [0.15, 0.2) is 33.8 Å². The molecule has 0 saturated carbocycles. The zero-order valence-electron chi connectivity index (χ0n) is 11.0. The first-order valence-corrected chi connectivity index (χ1v) is 6.67. The van der Waals surface area contributed by atoms with Crippen molar-refractivity contribution in [2.24, 2.45) is 0 Å². The molecule has 0 aromatic carbocycles. The van der Waals surface area contributed by atoms with Gasteiger partial charge < -0.3 is 14.1 Å². The molecule has 1 N–H and O–H groups in total. The van der Waals surface area contributed by atoms with Gasteiger partial charge in [-0.3, -0.25) is 4.79 Å². The number of rotatable bonds is 3. The highest BCUT2D eigenvalue weighted by Crippen LogP contribution is 2.22. The van der Waals surface area contributed by atoms with Crippen LogP contribution in [-0.2, 0) is 19.4 Å². The number of furan rings is 1. The maximum atomic E-state index is 12.3. The Morgan fingerprint density at radius 3 is 2.85 bits per heavy atom. The minimum Gasteiger partial charge on any atom is -0.477 e. The number of carboxylic acid groups (broad SMARTS) is 1. The van der Waals surface area contributed by atoms with Crippen molar-refractivity contribution < 1.29 is 14.3 Å². The number of aromatic carboxylic acids is 1. The van der Waals surface area contributed by atoms with Gasteiger partial charge in [-0.1, -0.05) is 0 Å². The molecule has 0 bridgehead atoms. The SMILES string of the molecule is O=C(O)c1c2c(cn(Cc3ccco3)c1=O)CCCC2. The second-order valence-electron chi connectivity index (χ2n) is 5.03. The van der Waals surface area contributed by atoms with Crippen molar-refractivity contribution in [3.05, 3.63) is 57.4 Å². The summed E-state index contributed by atoms with van der Waals surface area (Å²) < 4.78 is 6.67. The quantitative estimate of drug-likeness (QED) is 0.929. The summed E-state index contributed by atoms with van der Waals surface area (Å²) in [6, 6.07) is 3.52. The van der Waals surface area contributed by atoms with E-state index in [1.54, 1.807) is 18.3 Å². The van der Waals surface area contributed by atoms with Gasteiger partial charge in [-0.05, 0) is 48.9 Å². The Labute approximate surface area is 115 Å². The van der Waals surface area contributed by atoms with Crippen LogP contribution in [-0.4, -0.2) is 15.6 Å². The lowest BCUT2D eigenvalue weighted by Gasteiger charge is -2.19. The maximum Gasteiger partial charge on any atom is 0.341 e. The fourth-order valence-corrected chi connectivity index (χ4v) is 2.78. The predicted molar refractivity (Wildman–Crippen MR) is 72.1 cm³/mol. The van der Waals surface area contributed by atoms with Crippen LogP contribution >= 0.6 is 0 Å². The standard InChI is InChI=1S/C15H15NO4/c17-14-13(15(18)19)12-6-2-1-4-10(12)8-16(14)9-11-5-3-7-20-11/h3,5,7-8H,1-2,4,6,9H2,(H,18,19). The zero-order valence-corrected chi connectivity index (χ0v) is 11.0. The average Bonchev–Trinajstić information content (AvgIpc) is 2.92. The van der Waals surface area contributed by atoms with Crippen molar-refractivity contribution in [3.63, 3.8) is 0 Å². The number of nitrogens with zero attached hydrogens (tertiary/aromatic N) is 1. The number of carboxylic acids is 1. The molecule has 2 aromatic rings. The predicted octanol–water partition coefficient (Wildman–Crippen LogP) is 2.07. The molecule has 0 saturated heterocycles. The number of aromatic nitrogens is 1. The molecular weight excluding hydrogens is 258 g/mol. The molecule has 0 aliphatic heterocycles. The summed E-state index contributed by atoms with van der Waals surface area (Å²) in [5.74, 6) is -0.499. The lowest BCUT2D eigenvalue weighted by atomic mass is 9.90. The molecule has 0 spiro atoms. The molecule has 20 heavy (non-hydrogen) atoms. The highest BCUT2D eigenvalue weighted by Gasteiger charge is 2.23. The topological polar surface area (TPSA) is 72.4 Å². The lowest BCUT2D eigenvalue weighted by Crippen LogP contribution is -2.30. The van der Waals surface area contributed by atoms with Gasteiger partial charge >= 0.3 is 5.97 Å². The molecule has 0 atom stereocenters. The highest BCUT2D eigenvalue weighted by atomic mass is 16.4. The van der Waals surface area contributed by atoms with Crippen molar-refractivity contribution in [2.45, 2.75) is 32.2 Å². The van der Waals surface area contributed by atoms with Crippen molar-refractivity contribution in [3.8, 4) is 0 Å². The van der Waals surface area contributed by atoms with E-state index in [2.05, 4.69) is 0 Å². The van der Waals surface area contributed by atoms with Crippen LogP contribution in [0.4, 0.5) is 0 Å². The van der Waals surface area contributed by atoms with Crippen LogP contribution < -0.4 is 5.56 Å². The average molecular weight is 273 g/mol. The minimum atomic E-state index is -1.14. The zero-order chi connectivity index (χ0) is 14.1. The molecule has 3 rings (SSSR count). The van der Waals surface area contributed by atoms with Gasteiger partial charge in [0.15, 0.2) is 0 Å². The molecule has 0 amide bonds. The number of pyridine rings is 1. The lowest BCUT2D eigenvalue weighted by molar-refractivity contribution is 0.0692. The number of hydrogen-bond donors (Lipinski definition) is 1. The minimum absolute atomic E-state index is 0.0752. The summed E-state index contributed by atoms with van der Waals surface area (Å²) in [6.07, 6.45) is 6.80. The molecule has 0 radical (unpaired) electrons. The third-order valence-electron chi connectivity index (χ3n) is 3.72. The van der Waals surface area contributed by atoms with E-state index in [4.69, 9.17) is 4.42 Å². The summed E-state index contributed by atoms with van der Waals surface area (Å²) in [7, 11) is 0. The maximum absolute atomic E-state index is 12.3. The molecule has 0 fully saturated rings. The number of hydrogen-bond acceptors (Lipinski definition) is 3. The first-order valence-electron chi connectivity index (χ1n) is 6.67. The number of fused-ring (bicyclic) bond motifs is 1. The van der Waals surface area contributed by atoms with E-state index in [0.29, 0.717) is 17.7 Å². The van der Waals surface area contributed by atoms with Gasteiger partial charge in [0, 0.05) is 6.20 Å². The van der Waals surface area contributed by atoms with Crippen molar-refractivity contribution >= 4 is 5.97 Å². The van der Waals surface area contributed by atoms with Crippen LogP contribution in [0.5, 0.6) is 0 Å². The Balaban J connectivity index is 2.13. The molecule has 1 aliphatic rings. The van der Waals surface area contributed by atoms with Crippen LogP contribution in [0.3, 0.4) is 0 Å². The summed E-state index contributed by atoms with van der Waals surface area (Å²) in [6.45, 7) is 0.263. The van der Waals surface area contributed by atoms with Crippen molar-refractivity contribution in [2.75, 3.05) is 0 Å². The van der Waals surface area contributed by atoms with Gasteiger partial charge in [0.05, 0.1) is 12.8 Å². The van der Waals surface area contributed by atoms with Gasteiger partial charge in [0.25, 0.3) is 5.56 Å². The Hall–Kier alpha value is -2.30. The highest BCUT2D eigenvalue weighted by molar-refractivity contribution is 5.89. The van der Waals surface area contributed by atoms with E-state index in [-0.39, 0.29) is 12.1 Å². The molecule has 0 unspecified atom stereocenters. The van der Waals surface area contributed by atoms with Crippen molar-refractivity contribution in [1.29, 1.82) is 0 Å². The largest absolute Gasteiger partial charge is 0.477 e. The van der Waals surface area contributed by atoms with Crippen LogP contribution in [0.1, 0.15) is 40.1 Å². The molecule has 5 heteroatoms. The van der Waals surface area contributed by atoms with Crippen LogP contribution in [0, 0.1) is 0 Å². The van der Waals surface area contributed by atoms with Gasteiger partial charge in [0.2, 0.25) is 0 Å². The Bertz CT molecular complexity index is 697. The number of aryl methyl sites for hydroxylation is 1. The monoisotopic (exact) mass is 273 g/mol. The van der Waals surface area contributed by atoms with E-state index in [1.165, 1.54) is 10.8 Å². The van der Waals surface area contributed by atoms with E-state index in [1.807, 2.05) is 0 Å². The molecule has 104 valence electrons. The Morgan fingerprint density at radius 1 is 1.35 bits per heavy atom. The molecule has 2 heterocycles. The second-order valence-corrected chi connectivity index (χ2v) is 5.03. The fraction of sp³-hybridized carbons (Fsp3) is 0.333.